The lowest BCUT2D eigenvalue weighted by Crippen LogP contribution is -2.45. The predicted molar refractivity (Wildman–Crippen MR) is 83.8 cm³/mol. The second-order valence-corrected chi connectivity index (χ2v) is 4.63. The molecule has 1 atom stereocenters. The minimum atomic E-state index is -1.20. The summed E-state index contributed by atoms with van der Waals surface area (Å²) < 4.78 is 5.53. The highest BCUT2D eigenvalue weighted by Gasteiger charge is 2.26. The Kier molecular flexibility index (Phi) is 5.02. The first kappa shape index (κ1) is 15.1. The minimum absolute atomic E-state index is 0.230. The Morgan fingerprint density at radius 1 is 1.48 bits per heavy atom. The van der Waals surface area contributed by atoms with E-state index < -0.39 is 5.85 Å². The Hall–Kier alpha value is -2.25. The van der Waals surface area contributed by atoms with Gasteiger partial charge in [0.25, 0.3) is 0 Å². The summed E-state index contributed by atoms with van der Waals surface area (Å²) >= 11 is 0. The van der Waals surface area contributed by atoms with Crippen molar-refractivity contribution in [1.82, 2.24) is 4.98 Å². The van der Waals surface area contributed by atoms with Crippen molar-refractivity contribution in [2.45, 2.75) is 25.6 Å². The van der Waals surface area contributed by atoms with Crippen LogP contribution in [0.25, 0.3) is 0 Å². The normalized spacial score (nSPS) is 23.1. The van der Waals surface area contributed by atoms with Crippen molar-refractivity contribution in [2.24, 2.45) is 21.6 Å². The third-order valence-electron chi connectivity index (χ3n) is 2.84. The number of anilines is 1. The molecule has 0 aliphatic carbocycles. The first-order chi connectivity index (χ1) is 10.1. The van der Waals surface area contributed by atoms with Crippen LogP contribution < -0.4 is 16.9 Å². The van der Waals surface area contributed by atoms with Gasteiger partial charge in [-0.25, -0.2) is 4.99 Å². The van der Waals surface area contributed by atoms with Crippen molar-refractivity contribution in [3.05, 3.63) is 36.7 Å². The summed E-state index contributed by atoms with van der Waals surface area (Å²) in [6.07, 6.45) is 8.63. The lowest BCUT2D eigenvalue weighted by Gasteiger charge is -2.25. The zero-order valence-electron chi connectivity index (χ0n) is 12.0. The van der Waals surface area contributed by atoms with Crippen molar-refractivity contribution in [3.8, 4) is 0 Å². The highest BCUT2D eigenvalue weighted by atomic mass is 16.5. The summed E-state index contributed by atoms with van der Waals surface area (Å²) in [5.74, 6) is -0.972. The first-order valence-corrected chi connectivity index (χ1v) is 6.84. The average Bonchev–Trinajstić information content (AvgIpc) is 2.48. The Morgan fingerprint density at radius 2 is 2.33 bits per heavy atom. The molecule has 0 fully saturated rings. The van der Waals surface area contributed by atoms with Gasteiger partial charge in [0.2, 0.25) is 5.85 Å². The van der Waals surface area contributed by atoms with Gasteiger partial charge in [-0.05, 0) is 30.7 Å². The van der Waals surface area contributed by atoms with Gasteiger partial charge in [-0.1, -0.05) is 13.3 Å². The number of dihydropyridines is 1. The molecule has 0 saturated heterocycles. The molecule has 1 aliphatic rings. The molecule has 2 rings (SSSR count). The molecule has 0 saturated carbocycles. The van der Waals surface area contributed by atoms with Gasteiger partial charge < -0.3 is 10.5 Å². The second-order valence-electron chi connectivity index (χ2n) is 4.63. The average molecular weight is 288 g/mol. The van der Waals surface area contributed by atoms with Gasteiger partial charge in [0.1, 0.15) is 5.71 Å². The van der Waals surface area contributed by atoms with Gasteiger partial charge in [0, 0.05) is 6.20 Å². The monoisotopic (exact) mass is 288 g/mol. The van der Waals surface area contributed by atoms with E-state index in [2.05, 4.69) is 27.4 Å². The lowest BCUT2D eigenvalue weighted by atomic mass is 10.2. The molecule has 0 aromatic carbocycles. The number of rotatable bonds is 6. The Bertz CT molecular complexity index is 554. The SMILES string of the molecule is CCCCOC1(N)C=CC(=NNc2cccnc2)C(N)=N1. The maximum Gasteiger partial charge on any atom is 0.235 e. The standard InChI is InChI=1S/C14H20N6O/c1-2-3-9-21-14(16)7-6-12(13(15)18-14)20-19-11-5-4-8-17-10-11/h4-8,10,19H,2-3,9,16H2,1H3,(H2,15,18). The molecule has 1 aliphatic heterocycles. The van der Waals surface area contributed by atoms with Gasteiger partial charge >= 0.3 is 0 Å². The highest BCUT2D eigenvalue weighted by molar-refractivity contribution is 6.45. The smallest absolute Gasteiger partial charge is 0.235 e. The number of aromatic nitrogens is 1. The number of hydrazone groups is 1. The molecule has 0 amide bonds. The van der Waals surface area contributed by atoms with Crippen LogP contribution in [0.15, 0.2) is 46.8 Å². The van der Waals surface area contributed by atoms with Crippen molar-refractivity contribution >= 4 is 17.2 Å². The largest absolute Gasteiger partial charge is 0.382 e. The summed E-state index contributed by atoms with van der Waals surface area (Å²) in [7, 11) is 0. The minimum Gasteiger partial charge on any atom is -0.382 e. The lowest BCUT2D eigenvalue weighted by molar-refractivity contribution is 0.00130. The van der Waals surface area contributed by atoms with Gasteiger partial charge in [0.05, 0.1) is 18.5 Å². The topological polar surface area (TPSA) is 111 Å². The number of nitrogens with one attached hydrogen (secondary N) is 1. The predicted octanol–water partition coefficient (Wildman–Crippen LogP) is 1.21. The van der Waals surface area contributed by atoms with E-state index in [-0.39, 0.29) is 5.84 Å². The first-order valence-electron chi connectivity index (χ1n) is 6.84. The molecular weight excluding hydrogens is 268 g/mol. The highest BCUT2D eigenvalue weighted by Crippen LogP contribution is 2.13. The summed E-state index contributed by atoms with van der Waals surface area (Å²) in [4.78, 5) is 8.14. The molecular formula is C14H20N6O. The van der Waals surface area contributed by atoms with Crippen molar-refractivity contribution < 1.29 is 4.74 Å². The molecule has 5 N–H and O–H groups in total. The van der Waals surface area contributed by atoms with Crippen molar-refractivity contribution in [2.75, 3.05) is 12.0 Å². The van der Waals surface area contributed by atoms with Crippen LogP contribution in [0.3, 0.4) is 0 Å². The van der Waals surface area contributed by atoms with Crippen LogP contribution in [-0.4, -0.2) is 29.0 Å². The molecule has 0 bridgehead atoms. The molecule has 0 spiro atoms. The summed E-state index contributed by atoms with van der Waals surface area (Å²) in [5.41, 5.74) is 16.0. The molecule has 21 heavy (non-hydrogen) atoms. The number of ether oxygens (including phenoxy) is 1. The second kappa shape index (κ2) is 6.96. The van der Waals surface area contributed by atoms with Gasteiger partial charge in [0.15, 0.2) is 5.84 Å². The maximum atomic E-state index is 6.00. The number of aliphatic imine (C=N–C) groups is 1. The number of hydrogen-bond acceptors (Lipinski definition) is 7. The van der Waals surface area contributed by atoms with Gasteiger partial charge in [-0.3, -0.25) is 16.1 Å². The molecule has 1 aromatic heterocycles. The zero-order chi connectivity index (χ0) is 15.1. The summed E-state index contributed by atoms with van der Waals surface area (Å²) in [6, 6.07) is 3.65. The van der Waals surface area contributed by atoms with Crippen molar-refractivity contribution in [3.63, 3.8) is 0 Å². The summed E-state index contributed by atoms with van der Waals surface area (Å²) in [5, 5.41) is 4.17. The van der Waals surface area contributed by atoms with Crippen LogP contribution in [0.2, 0.25) is 0 Å². The fourth-order valence-corrected chi connectivity index (χ4v) is 1.68. The zero-order valence-corrected chi connectivity index (χ0v) is 12.0. The van der Waals surface area contributed by atoms with Crippen LogP contribution in [0, 0.1) is 0 Å². The Morgan fingerprint density at radius 3 is 3.00 bits per heavy atom. The van der Waals surface area contributed by atoms with Crippen LogP contribution in [0.1, 0.15) is 19.8 Å². The maximum absolute atomic E-state index is 6.00. The fraction of sp³-hybridized carbons (Fsp3) is 0.357. The third kappa shape index (κ3) is 4.37. The molecule has 7 heteroatoms. The van der Waals surface area contributed by atoms with E-state index in [1.54, 1.807) is 24.5 Å². The number of amidine groups is 1. The molecule has 112 valence electrons. The van der Waals surface area contributed by atoms with Crippen molar-refractivity contribution in [1.29, 1.82) is 0 Å². The Labute approximate surface area is 123 Å². The summed E-state index contributed by atoms with van der Waals surface area (Å²) in [6.45, 7) is 2.62. The van der Waals surface area contributed by atoms with E-state index in [0.29, 0.717) is 12.3 Å². The van der Waals surface area contributed by atoms with Gasteiger partial charge in [-0.2, -0.15) is 5.10 Å². The van der Waals surface area contributed by atoms with E-state index in [9.17, 15) is 0 Å². The number of nitrogens with zero attached hydrogens (tertiary/aromatic N) is 3. The molecule has 7 nitrogen and oxygen atoms in total. The van der Waals surface area contributed by atoms with E-state index >= 15 is 0 Å². The van der Waals surface area contributed by atoms with Crippen LogP contribution in [0.5, 0.6) is 0 Å². The number of pyridine rings is 1. The Balaban J connectivity index is 2.00. The molecule has 1 aromatic rings. The quantitative estimate of drug-likeness (QED) is 0.414. The fourth-order valence-electron chi connectivity index (χ4n) is 1.68. The van der Waals surface area contributed by atoms with E-state index in [0.717, 1.165) is 18.5 Å². The number of unbranched alkanes of at least 4 members (excludes halogenated alkanes) is 1. The van der Waals surface area contributed by atoms with E-state index in [4.69, 9.17) is 16.2 Å². The number of hydrogen-bond donors (Lipinski definition) is 3. The van der Waals surface area contributed by atoms with E-state index in [1.165, 1.54) is 0 Å². The molecule has 1 unspecified atom stereocenters. The molecule has 2 heterocycles. The molecule has 0 radical (unpaired) electrons. The van der Waals surface area contributed by atoms with Crippen LogP contribution in [-0.2, 0) is 4.74 Å². The number of nitrogens with two attached hydrogens (primary N) is 2. The van der Waals surface area contributed by atoms with Crippen LogP contribution >= 0.6 is 0 Å². The van der Waals surface area contributed by atoms with E-state index in [1.807, 2.05) is 12.1 Å². The third-order valence-corrected chi connectivity index (χ3v) is 2.84. The van der Waals surface area contributed by atoms with Crippen LogP contribution in [0.4, 0.5) is 5.69 Å². The van der Waals surface area contributed by atoms with Gasteiger partial charge in [-0.15, -0.1) is 0 Å².